The third-order valence-corrected chi connectivity index (χ3v) is 5.00. The third kappa shape index (κ3) is 2.36. The molecule has 1 aliphatic rings. The number of anilines is 2. The summed E-state index contributed by atoms with van der Waals surface area (Å²) < 4.78 is 1.86. The molecule has 0 aliphatic carbocycles. The van der Waals surface area contributed by atoms with E-state index in [-0.39, 0.29) is 5.56 Å². The fraction of sp³-hybridized carbons (Fsp3) is 0.0625. The maximum atomic E-state index is 11.8. The van der Waals surface area contributed by atoms with Gasteiger partial charge in [0.05, 0.1) is 24.9 Å². The standard InChI is InChI=1S/C16H11N7OS/c24-15-12-14(19-7-20-15)23(8-21-12)6-9-1-2-11-10(5-9)22-13-16(25-11)18-4-3-17-13/h1-5,7-8H,6H2,(H,17,22)(H,19,20,24). The molecule has 2 N–H and O–H groups in total. The van der Waals surface area contributed by atoms with Crippen LogP contribution in [0.15, 0.2) is 58.0 Å². The molecule has 3 aromatic heterocycles. The zero-order valence-corrected chi connectivity index (χ0v) is 13.6. The molecule has 0 saturated heterocycles. The molecule has 5 rings (SSSR count). The molecule has 0 saturated carbocycles. The molecule has 1 aliphatic heterocycles. The van der Waals surface area contributed by atoms with Crippen LogP contribution in [-0.2, 0) is 6.54 Å². The second-order valence-corrected chi connectivity index (χ2v) is 6.57. The summed E-state index contributed by atoms with van der Waals surface area (Å²) >= 11 is 1.59. The number of benzene rings is 1. The smallest absolute Gasteiger partial charge is 0.278 e. The van der Waals surface area contributed by atoms with Gasteiger partial charge in [0.2, 0.25) is 0 Å². The second-order valence-electron chi connectivity index (χ2n) is 5.54. The van der Waals surface area contributed by atoms with Crippen molar-refractivity contribution >= 4 is 34.4 Å². The van der Waals surface area contributed by atoms with Gasteiger partial charge in [0.25, 0.3) is 5.56 Å². The topological polar surface area (TPSA) is 101 Å². The highest BCUT2D eigenvalue weighted by Crippen LogP contribution is 2.42. The van der Waals surface area contributed by atoms with Crippen LogP contribution in [0.5, 0.6) is 0 Å². The average Bonchev–Trinajstić information content (AvgIpc) is 3.04. The van der Waals surface area contributed by atoms with Gasteiger partial charge in [-0.15, -0.1) is 0 Å². The number of rotatable bonds is 2. The molecule has 0 unspecified atom stereocenters. The summed E-state index contributed by atoms with van der Waals surface area (Å²) in [7, 11) is 0. The van der Waals surface area contributed by atoms with Crippen molar-refractivity contribution in [2.24, 2.45) is 0 Å². The fourth-order valence-corrected chi connectivity index (χ4v) is 3.66. The van der Waals surface area contributed by atoms with Gasteiger partial charge in [-0.05, 0) is 17.7 Å². The minimum atomic E-state index is -0.234. The molecule has 1 aromatic carbocycles. The summed E-state index contributed by atoms with van der Waals surface area (Å²) in [6.07, 6.45) is 6.38. The Bertz CT molecular complexity index is 1170. The fourth-order valence-electron chi connectivity index (χ4n) is 2.78. The first-order valence-electron chi connectivity index (χ1n) is 7.55. The van der Waals surface area contributed by atoms with E-state index in [0.717, 1.165) is 27.0 Å². The summed E-state index contributed by atoms with van der Waals surface area (Å²) in [5, 5.41) is 4.18. The summed E-state index contributed by atoms with van der Waals surface area (Å²) in [5.41, 5.74) is 2.74. The first kappa shape index (κ1) is 14.2. The van der Waals surface area contributed by atoms with Gasteiger partial charge in [-0.25, -0.2) is 19.9 Å². The largest absolute Gasteiger partial charge is 0.337 e. The van der Waals surface area contributed by atoms with Crippen molar-refractivity contribution < 1.29 is 0 Å². The van der Waals surface area contributed by atoms with Crippen LogP contribution in [0, 0.1) is 0 Å². The Labute approximate surface area is 145 Å². The van der Waals surface area contributed by atoms with E-state index in [9.17, 15) is 4.79 Å². The molecule has 4 heterocycles. The summed E-state index contributed by atoms with van der Waals surface area (Å²) in [6, 6.07) is 6.17. The molecule has 122 valence electrons. The van der Waals surface area contributed by atoms with Gasteiger partial charge < -0.3 is 14.9 Å². The average molecular weight is 349 g/mol. The third-order valence-electron chi connectivity index (χ3n) is 3.93. The van der Waals surface area contributed by atoms with Gasteiger partial charge in [-0.2, -0.15) is 0 Å². The molecular formula is C16H11N7OS. The van der Waals surface area contributed by atoms with Crippen molar-refractivity contribution in [2.45, 2.75) is 16.5 Å². The predicted molar refractivity (Wildman–Crippen MR) is 93.1 cm³/mol. The molecule has 0 amide bonds. The molecule has 8 nitrogen and oxygen atoms in total. The van der Waals surface area contributed by atoms with E-state index in [4.69, 9.17) is 0 Å². The Hall–Kier alpha value is -3.20. The zero-order chi connectivity index (χ0) is 16.8. The van der Waals surface area contributed by atoms with Gasteiger partial charge in [0.15, 0.2) is 17.0 Å². The van der Waals surface area contributed by atoms with Crippen LogP contribution in [0.2, 0.25) is 0 Å². The van der Waals surface area contributed by atoms with E-state index in [1.165, 1.54) is 6.33 Å². The van der Waals surface area contributed by atoms with E-state index in [0.29, 0.717) is 17.7 Å². The highest BCUT2D eigenvalue weighted by molar-refractivity contribution is 7.99. The number of H-pyrrole nitrogens is 1. The van der Waals surface area contributed by atoms with Gasteiger partial charge >= 0.3 is 0 Å². The van der Waals surface area contributed by atoms with Gasteiger partial charge in [0, 0.05) is 17.3 Å². The van der Waals surface area contributed by atoms with Crippen LogP contribution in [0.1, 0.15) is 5.56 Å². The van der Waals surface area contributed by atoms with Crippen LogP contribution in [0.3, 0.4) is 0 Å². The summed E-state index contributed by atoms with van der Waals surface area (Å²) in [6.45, 7) is 0.569. The molecule has 9 heteroatoms. The van der Waals surface area contributed by atoms with Crippen molar-refractivity contribution in [1.29, 1.82) is 0 Å². The van der Waals surface area contributed by atoms with Crippen molar-refractivity contribution in [3.05, 3.63) is 59.2 Å². The van der Waals surface area contributed by atoms with E-state index >= 15 is 0 Å². The Balaban J connectivity index is 1.50. The Morgan fingerprint density at radius 2 is 2.04 bits per heavy atom. The van der Waals surface area contributed by atoms with Crippen LogP contribution in [0.25, 0.3) is 11.2 Å². The highest BCUT2D eigenvalue weighted by Gasteiger charge is 2.18. The van der Waals surface area contributed by atoms with Crippen molar-refractivity contribution in [3.8, 4) is 0 Å². The van der Waals surface area contributed by atoms with Crippen molar-refractivity contribution in [1.82, 2.24) is 29.5 Å². The van der Waals surface area contributed by atoms with Gasteiger partial charge in [-0.3, -0.25) is 4.79 Å². The predicted octanol–water partition coefficient (Wildman–Crippen LogP) is 2.17. The number of aromatic nitrogens is 6. The Morgan fingerprint density at radius 1 is 1.12 bits per heavy atom. The van der Waals surface area contributed by atoms with Gasteiger partial charge in [-0.1, -0.05) is 17.8 Å². The maximum Gasteiger partial charge on any atom is 0.278 e. The number of hydrogen-bond acceptors (Lipinski definition) is 7. The van der Waals surface area contributed by atoms with Crippen molar-refractivity contribution in [2.75, 3.05) is 5.32 Å². The van der Waals surface area contributed by atoms with Crippen LogP contribution in [-0.4, -0.2) is 29.5 Å². The lowest BCUT2D eigenvalue weighted by Gasteiger charge is -2.19. The summed E-state index contributed by atoms with van der Waals surface area (Å²) in [4.78, 5) is 32.4. The quantitative estimate of drug-likeness (QED) is 0.503. The molecule has 0 fully saturated rings. The Morgan fingerprint density at radius 3 is 3.00 bits per heavy atom. The number of imidazole rings is 1. The Kier molecular flexibility index (Phi) is 3.07. The van der Waals surface area contributed by atoms with Crippen molar-refractivity contribution in [3.63, 3.8) is 0 Å². The first-order chi connectivity index (χ1) is 12.3. The number of nitrogens with one attached hydrogen (secondary N) is 2. The number of fused-ring (bicyclic) bond motifs is 3. The molecule has 4 aromatic rings. The minimum Gasteiger partial charge on any atom is -0.337 e. The van der Waals surface area contributed by atoms with Crippen LogP contribution >= 0.6 is 11.8 Å². The lowest BCUT2D eigenvalue weighted by molar-refractivity contribution is 0.812. The van der Waals surface area contributed by atoms with Crippen LogP contribution in [0.4, 0.5) is 11.5 Å². The molecular weight excluding hydrogens is 338 g/mol. The maximum absolute atomic E-state index is 11.8. The monoisotopic (exact) mass is 349 g/mol. The lowest BCUT2D eigenvalue weighted by Crippen LogP contribution is -2.08. The number of hydrogen-bond donors (Lipinski definition) is 2. The van der Waals surface area contributed by atoms with E-state index in [2.05, 4.69) is 42.4 Å². The van der Waals surface area contributed by atoms with Crippen LogP contribution < -0.4 is 10.9 Å². The number of nitrogens with zero attached hydrogens (tertiary/aromatic N) is 5. The normalized spacial score (nSPS) is 12.5. The minimum absolute atomic E-state index is 0.234. The van der Waals surface area contributed by atoms with E-state index < -0.39 is 0 Å². The first-order valence-corrected chi connectivity index (χ1v) is 8.37. The van der Waals surface area contributed by atoms with E-state index in [1.807, 2.05) is 10.6 Å². The molecule has 25 heavy (non-hydrogen) atoms. The molecule has 0 atom stereocenters. The number of aromatic amines is 1. The van der Waals surface area contributed by atoms with Gasteiger partial charge in [0.1, 0.15) is 5.03 Å². The summed E-state index contributed by atoms with van der Waals surface area (Å²) in [5.74, 6) is 0.762. The van der Waals surface area contributed by atoms with E-state index in [1.54, 1.807) is 30.5 Å². The zero-order valence-electron chi connectivity index (χ0n) is 12.8. The second kappa shape index (κ2) is 5.42. The molecule has 0 spiro atoms. The molecule has 0 bridgehead atoms. The highest BCUT2D eigenvalue weighted by atomic mass is 32.2. The SMILES string of the molecule is O=c1[nH]cnc2c1ncn2Cc1ccc2c(c1)Nc1nccnc1S2. The molecule has 0 radical (unpaired) electrons. The lowest BCUT2D eigenvalue weighted by atomic mass is 10.2.